The van der Waals surface area contributed by atoms with Gasteiger partial charge in [0.2, 0.25) is 0 Å². The Balaban J connectivity index is 1.95. The Morgan fingerprint density at radius 1 is 1.15 bits per heavy atom. The lowest BCUT2D eigenvalue weighted by Gasteiger charge is -2.04. The van der Waals surface area contributed by atoms with Crippen LogP contribution in [0.15, 0.2) is 38.0 Å². The van der Waals surface area contributed by atoms with Crippen molar-refractivity contribution in [2.24, 2.45) is 0 Å². The van der Waals surface area contributed by atoms with Crippen molar-refractivity contribution in [1.82, 2.24) is 9.72 Å². The zero-order valence-electron chi connectivity index (χ0n) is 14.9. The molecule has 7 heteroatoms. The van der Waals surface area contributed by atoms with Gasteiger partial charge >= 0.3 is 5.63 Å². The van der Waals surface area contributed by atoms with Gasteiger partial charge < -0.3 is 14.0 Å². The van der Waals surface area contributed by atoms with Gasteiger partial charge in [0.25, 0.3) is 0 Å². The third kappa shape index (κ3) is 3.11. The van der Waals surface area contributed by atoms with Crippen molar-refractivity contribution in [2.45, 2.75) is 27.7 Å². The summed E-state index contributed by atoms with van der Waals surface area (Å²) in [5.74, 6) is 0.566. The molecule has 3 rings (SSSR count). The number of aryl methyl sites for hydroxylation is 3. The average Bonchev–Trinajstić information content (AvgIpc) is 3.07. The normalized spacial score (nSPS) is 11.4. The number of ketones is 1. The van der Waals surface area contributed by atoms with Crippen molar-refractivity contribution in [3.8, 4) is 11.6 Å². The Morgan fingerprint density at radius 3 is 2.50 bits per heavy atom. The summed E-state index contributed by atoms with van der Waals surface area (Å²) < 4.78 is 11.9. The highest BCUT2D eigenvalue weighted by molar-refractivity contribution is 6.08. The number of aromatic nitrogens is 2. The second-order valence-corrected chi connectivity index (χ2v) is 6.06. The molecule has 0 aliphatic rings. The third-order valence-corrected chi connectivity index (χ3v) is 4.03. The number of carbonyl (C=O) groups is 1. The van der Waals surface area contributed by atoms with E-state index in [1.807, 2.05) is 37.5 Å². The summed E-state index contributed by atoms with van der Waals surface area (Å²) >= 11 is 0. The topological polar surface area (TPSA) is 98.5 Å². The van der Waals surface area contributed by atoms with E-state index in [1.165, 1.54) is 19.1 Å². The van der Waals surface area contributed by atoms with Crippen LogP contribution in [0.25, 0.3) is 11.9 Å². The smallest absolute Gasteiger partial charge is 0.351 e. The number of aromatic hydroxyl groups is 1. The van der Waals surface area contributed by atoms with E-state index in [-0.39, 0.29) is 11.3 Å². The number of hydrogen-bond acceptors (Lipinski definition) is 6. The molecule has 1 N–H and O–H groups in total. The standard InChI is InChI=1S/C19H18N2O5/c1-10-7-14(13(4)21(10)17-9-12(3)26-20-17)5-6-15(22)18-16(23)8-11(2)25-19(18)24/h5-9,23H,1-4H3/b6-5+. The van der Waals surface area contributed by atoms with Crippen LogP contribution in [-0.4, -0.2) is 20.6 Å². The summed E-state index contributed by atoms with van der Waals surface area (Å²) in [5, 5.41) is 13.9. The molecule has 0 fully saturated rings. The van der Waals surface area contributed by atoms with Crippen LogP contribution in [0, 0.1) is 27.7 Å². The Morgan fingerprint density at radius 2 is 1.88 bits per heavy atom. The van der Waals surface area contributed by atoms with E-state index in [9.17, 15) is 14.7 Å². The number of allylic oxidation sites excluding steroid dienone is 1. The molecule has 0 saturated heterocycles. The maximum atomic E-state index is 12.3. The SMILES string of the molecule is Cc1cc(-n2c(C)cc(/C=C/C(=O)c3c(O)cc(C)oc3=O)c2C)no1. The lowest BCUT2D eigenvalue weighted by atomic mass is 10.1. The molecule has 0 atom stereocenters. The molecule has 0 aromatic carbocycles. The lowest BCUT2D eigenvalue weighted by molar-refractivity contribution is 0.104. The maximum Gasteiger partial charge on any atom is 0.351 e. The predicted molar refractivity (Wildman–Crippen MR) is 94.8 cm³/mol. The first-order valence-corrected chi connectivity index (χ1v) is 7.96. The Kier molecular flexibility index (Phi) is 4.38. The van der Waals surface area contributed by atoms with Crippen molar-refractivity contribution in [1.29, 1.82) is 0 Å². The minimum absolute atomic E-state index is 0.236. The molecule has 0 unspecified atom stereocenters. The summed E-state index contributed by atoms with van der Waals surface area (Å²) in [5.41, 5.74) is 1.32. The molecule has 3 aromatic heterocycles. The second-order valence-electron chi connectivity index (χ2n) is 6.06. The van der Waals surface area contributed by atoms with E-state index >= 15 is 0 Å². The van der Waals surface area contributed by atoms with Crippen molar-refractivity contribution in [2.75, 3.05) is 0 Å². The van der Waals surface area contributed by atoms with Gasteiger partial charge in [-0.2, -0.15) is 0 Å². The summed E-state index contributed by atoms with van der Waals surface area (Å²) in [6, 6.07) is 4.94. The van der Waals surface area contributed by atoms with E-state index in [1.54, 1.807) is 6.08 Å². The first-order chi connectivity index (χ1) is 12.3. The van der Waals surface area contributed by atoms with E-state index in [0.717, 1.165) is 17.0 Å². The van der Waals surface area contributed by atoms with Gasteiger partial charge in [-0.1, -0.05) is 5.16 Å². The molecule has 7 nitrogen and oxygen atoms in total. The minimum atomic E-state index is -0.860. The van der Waals surface area contributed by atoms with E-state index < -0.39 is 17.2 Å². The van der Waals surface area contributed by atoms with Gasteiger partial charge in [-0.15, -0.1) is 0 Å². The Labute approximate surface area is 149 Å². The largest absolute Gasteiger partial charge is 0.507 e. The molecule has 0 bridgehead atoms. The highest BCUT2D eigenvalue weighted by atomic mass is 16.5. The van der Waals surface area contributed by atoms with E-state index in [0.29, 0.717) is 11.6 Å². The minimum Gasteiger partial charge on any atom is -0.507 e. The van der Waals surface area contributed by atoms with Crippen molar-refractivity contribution >= 4 is 11.9 Å². The summed E-state index contributed by atoms with van der Waals surface area (Å²) in [6.07, 6.45) is 2.83. The van der Waals surface area contributed by atoms with Crippen LogP contribution in [0.4, 0.5) is 0 Å². The fourth-order valence-electron chi connectivity index (χ4n) is 2.84. The van der Waals surface area contributed by atoms with Crippen LogP contribution >= 0.6 is 0 Å². The number of rotatable bonds is 4. The Hall–Kier alpha value is -3.35. The lowest BCUT2D eigenvalue weighted by Crippen LogP contribution is -2.12. The van der Waals surface area contributed by atoms with Crippen LogP contribution in [0.1, 0.15) is 38.8 Å². The van der Waals surface area contributed by atoms with Crippen LogP contribution in [0.3, 0.4) is 0 Å². The van der Waals surface area contributed by atoms with Crippen LogP contribution in [0.2, 0.25) is 0 Å². The summed E-state index contributed by atoms with van der Waals surface area (Å²) in [4.78, 5) is 24.1. The fraction of sp³-hybridized carbons (Fsp3) is 0.211. The molecule has 0 amide bonds. The molecule has 0 aliphatic heterocycles. The number of carbonyl (C=O) groups excluding carboxylic acids is 1. The summed E-state index contributed by atoms with van der Waals surface area (Å²) in [7, 11) is 0. The molecule has 0 radical (unpaired) electrons. The number of nitrogens with zero attached hydrogens (tertiary/aromatic N) is 2. The van der Waals surface area contributed by atoms with Crippen molar-refractivity contribution in [3.05, 3.63) is 68.7 Å². The molecule has 3 aromatic rings. The zero-order chi connectivity index (χ0) is 19.0. The van der Waals surface area contributed by atoms with E-state index in [2.05, 4.69) is 5.16 Å². The van der Waals surface area contributed by atoms with Gasteiger partial charge in [0.05, 0.1) is 0 Å². The Bertz CT molecular complexity index is 1080. The predicted octanol–water partition coefficient (Wildman–Crippen LogP) is 3.25. The van der Waals surface area contributed by atoms with E-state index in [4.69, 9.17) is 8.94 Å². The molecule has 3 heterocycles. The maximum absolute atomic E-state index is 12.3. The van der Waals surface area contributed by atoms with Gasteiger partial charge in [0, 0.05) is 23.5 Å². The molecular formula is C19H18N2O5. The molecule has 134 valence electrons. The molecule has 0 spiro atoms. The summed E-state index contributed by atoms with van der Waals surface area (Å²) in [6.45, 7) is 7.13. The average molecular weight is 354 g/mol. The van der Waals surface area contributed by atoms with Gasteiger partial charge in [0.15, 0.2) is 11.6 Å². The van der Waals surface area contributed by atoms with Gasteiger partial charge in [-0.25, -0.2) is 4.79 Å². The van der Waals surface area contributed by atoms with Crippen molar-refractivity contribution < 1.29 is 18.8 Å². The fourth-order valence-corrected chi connectivity index (χ4v) is 2.84. The quantitative estimate of drug-likeness (QED) is 0.570. The zero-order valence-corrected chi connectivity index (χ0v) is 14.9. The monoisotopic (exact) mass is 354 g/mol. The molecule has 26 heavy (non-hydrogen) atoms. The highest BCUT2D eigenvalue weighted by Crippen LogP contribution is 2.22. The van der Waals surface area contributed by atoms with Crippen LogP contribution in [0.5, 0.6) is 5.75 Å². The van der Waals surface area contributed by atoms with Gasteiger partial charge in [-0.3, -0.25) is 9.36 Å². The van der Waals surface area contributed by atoms with Gasteiger partial charge in [0.1, 0.15) is 22.8 Å². The molecule has 0 saturated carbocycles. The van der Waals surface area contributed by atoms with Crippen LogP contribution < -0.4 is 5.63 Å². The van der Waals surface area contributed by atoms with Gasteiger partial charge in [-0.05, 0) is 51.5 Å². The molecular weight excluding hydrogens is 336 g/mol. The first kappa shape index (κ1) is 17.5. The van der Waals surface area contributed by atoms with Crippen LogP contribution in [-0.2, 0) is 0 Å². The molecule has 0 aliphatic carbocycles. The highest BCUT2D eigenvalue weighted by Gasteiger charge is 2.17. The first-order valence-electron chi connectivity index (χ1n) is 7.96. The van der Waals surface area contributed by atoms with Crippen molar-refractivity contribution in [3.63, 3.8) is 0 Å². The number of hydrogen-bond donors (Lipinski definition) is 1. The third-order valence-electron chi connectivity index (χ3n) is 4.03. The second kappa shape index (κ2) is 6.51.